The number of hydrogen-bond acceptors (Lipinski definition) is 3. The molecule has 0 saturated carbocycles. The summed E-state index contributed by atoms with van der Waals surface area (Å²) in [6, 6.07) is 17.0. The summed E-state index contributed by atoms with van der Waals surface area (Å²) >= 11 is 0. The van der Waals surface area contributed by atoms with Gasteiger partial charge in [-0.2, -0.15) is 0 Å². The molecule has 2 rings (SSSR count). The van der Waals surface area contributed by atoms with Crippen LogP contribution in [0.1, 0.15) is 49.8 Å². The molecule has 25 heavy (non-hydrogen) atoms. The Bertz CT molecular complexity index is 655. The van der Waals surface area contributed by atoms with Gasteiger partial charge in [0.05, 0.1) is 19.1 Å². The number of ether oxygens (including phenoxy) is 1. The van der Waals surface area contributed by atoms with Crippen molar-refractivity contribution in [1.82, 2.24) is 5.32 Å². The van der Waals surface area contributed by atoms with Crippen LogP contribution in [0, 0.1) is 0 Å². The van der Waals surface area contributed by atoms with Crippen LogP contribution >= 0.6 is 0 Å². The third kappa shape index (κ3) is 5.33. The lowest BCUT2D eigenvalue weighted by molar-refractivity contribution is -0.123. The lowest BCUT2D eigenvalue weighted by Gasteiger charge is -2.22. The molecule has 2 aromatic carbocycles. The first-order valence-electron chi connectivity index (χ1n) is 8.72. The summed E-state index contributed by atoms with van der Waals surface area (Å²) in [6.45, 7) is 3.92. The van der Waals surface area contributed by atoms with Crippen molar-refractivity contribution >= 4 is 5.91 Å². The number of methoxy groups -OCH3 is 1. The van der Waals surface area contributed by atoms with E-state index in [1.54, 1.807) is 7.11 Å². The normalized spacial score (nSPS) is 14.4. The van der Waals surface area contributed by atoms with Crippen molar-refractivity contribution < 1.29 is 14.6 Å². The van der Waals surface area contributed by atoms with Crippen molar-refractivity contribution in [2.24, 2.45) is 0 Å². The average molecular weight is 341 g/mol. The minimum absolute atomic E-state index is 0.0135. The highest BCUT2D eigenvalue weighted by Gasteiger charge is 2.21. The third-order valence-corrected chi connectivity index (χ3v) is 4.39. The summed E-state index contributed by atoms with van der Waals surface area (Å²) < 4.78 is 5.17. The maximum absolute atomic E-state index is 12.6. The number of aliphatic hydroxyl groups is 1. The topological polar surface area (TPSA) is 58.6 Å². The van der Waals surface area contributed by atoms with Crippen LogP contribution in [-0.2, 0) is 4.79 Å². The summed E-state index contributed by atoms with van der Waals surface area (Å²) in [4.78, 5) is 12.6. The molecule has 3 unspecified atom stereocenters. The lowest BCUT2D eigenvalue weighted by Crippen LogP contribution is -2.37. The van der Waals surface area contributed by atoms with Gasteiger partial charge in [0.25, 0.3) is 0 Å². The molecular formula is C21H27NO3. The monoisotopic (exact) mass is 341 g/mol. The van der Waals surface area contributed by atoms with E-state index in [9.17, 15) is 9.90 Å². The van der Waals surface area contributed by atoms with E-state index in [2.05, 4.69) is 5.32 Å². The zero-order chi connectivity index (χ0) is 18.2. The molecule has 0 aliphatic carbocycles. The van der Waals surface area contributed by atoms with Gasteiger partial charge in [-0.25, -0.2) is 0 Å². The number of aliphatic hydroxyl groups excluding tert-OH is 1. The van der Waals surface area contributed by atoms with Gasteiger partial charge >= 0.3 is 0 Å². The molecule has 0 aliphatic rings. The van der Waals surface area contributed by atoms with Crippen molar-refractivity contribution in [2.75, 3.05) is 7.11 Å². The number of carbonyl (C=O) groups is 1. The Balaban J connectivity index is 1.96. The molecule has 2 N–H and O–H groups in total. The fourth-order valence-electron chi connectivity index (χ4n) is 2.96. The van der Waals surface area contributed by atoms with Crippen LogP contribution in [0.5, 0.6) is 5.75 Å². The van der Waals surface area contributed by atoms with Crippen LogP contribution in [0.4, 0.5) is 0 Å². The summed E-state index contributed by atoms with van der Waals surface area (Å²) in [7, 11) is 1.62. The van der Waals surface area contributed by atoms with Gasteiger partial charge in [-0.1, -0.05) is 49.4 Å². The molecule has 0 aromatic heterocycles. The number of hydrogen-bond donors (Lipinski definition) is 2. The summed E-state index contributed by atoms with van der Waals surface area (Å²) in [5.74, 6) is 0.556. The van der Waals surface area contributed by atoms with Gasteiger partial charge in [-0.05, 0) is 43.0 Å². The number of carbonyl (C=O) groups excluding carboxylic acids is 1. The molecule has 0 heterocycles. The van der Waals surface area contributed by atoms with E-state index in [4.69, 9.17) is 4.74 Å². The van der Waals surface area contributed by atoms with E-state index in [1.807, 2.05) is 68.4 Å². The van der Waals surface area contributed by atoms with Crippen molar-refractivity contribution in [1.29, 1.82) is 0 Å². The molecule has 2 aromatic rings. The lowest BCUT2D eigenvalue weighted by atomic mass is 9.94. The quantitative estimate of drug-likeness (QED) is 0.767. The van der Waals surface area contributed by atoms with Crippen molar-refractivity contribution in [3.63, 3.8) is 0 Å². The molecule has 0 saturated heterocycles. The van der Waals surface area contributed by atoms with Crippen molar-refractivity contribution in [3.05, 3.63) is 65.7 Å². The zero-order valence-corrected chi connectivity index (χ0v) is 15.1. The van der Waals surface area contributed by atoms with Gasteiger partial charge in [0.2, 0.25) is 5.91 Å². The number of nitrogens with one attached hydrogen (secondary N) is 1. The van der Waals surface area contributed by atoms with Crippen LogP contribution in [0.15, 0.2) is 54.6 Å². The van der Waals surface area contributed by atoms with Gasteiger partial charge in [-0.15, -0.1) is 0 Å². The predicted molar refractivity (Wildman–Crippen MR) is 99.6 cm³/mol. The van der Waals surface area contributed by atoms with Crippen LogP contribution < -0.4 is 10.1 Å². The summed E-state index contributed by atoms with van der Waals surface area (Å²) in [5.41, 5.74) is 1.84. The van der Waals surface area contributed by atoms with Crippen LogP contribution in [-0.4, -0.2) is 24.2 Å². The first-order chi connectivity index (χ1) is 12.0. The molecule has 134 valence electrons. The molecular weight excluding hydrogens is 314 g/mol. The highest BCUT2D eigenvalue weighted by atomic mass is 16.5. The van der Waals surface area contributed by atoms with Crippen LogP contribution in [0.2, 0.25) is 0 Å². The van der Waals surface area contributed by atoms with Gasteiger partial charge in [0.15, 0.2) is 0 Å². The second-order valence-corrected chi connectivity index (χ2v) is 6.31. The van der Waals surface area contributed by atoms with Crippen molar-refractivity contribution in [2.45, 2.75) is 44.8 Å². The van der Waals surface area contributed by atoms with Gasteiger partial charge in [0.1, 0.15) is 5.75 Å². The Labute approximate surface area is 149 Å². The van der Waals surface area contributed by atoms with E-state index in [-0.39, 0.29) is 17.9 Å². The van der Waals surface area contributed by atoms with E-state index in [0.29, 0.717) is 12.8 Å². The fraction of sp³-hybridized carbons (Fsp3) is 0.381. The largest absolute Gasteiger partial charge is 0.497 e. The minimum atomic E-state index is -0.586. The summed E-state index contributed by atoms with van der Waals surface area (Å²) in [6.07, 6.45) is 0.610. The third-order valence-electron chi connectivity index (χ3n) is 4.39. The number of rotatable bonds is 8. The molecule has 0 bridgehead atoms. The maximum Gasteiger partial charge on any atom is 0.227 e. The van der Waals surface area contributed by atoms with Crippen LogP contribution in [0.3, 0.4) is 0 Å². The molecule has 0 fully saturated rings. The molecule has 0 spiro atoms. The minimum Gasteiger partial charge on any atom is -0.497 e. The van der Waals surface area contributed by atoms with E-state index >= 15 is 0 Å². The Kier molecular flexibility index (Phi) is 7.02. The number of benzene rings is 2. The summed E-state index contributed by atoms with van der Waals surface area (Å²) in [5, 5.41) is 13.3. The smallest absolute Gasteiger partial charge is 0.227 e. The first kappa shape index (κ1) is 19.0. The Morgan fingerprint density at radius 2 is 1.72 bits per heavy atom. The van der Waals surface area contributed by atoms with Gasteiger partial charge in [0, 0.05) is 6.04 Å². The molecule has 1 amide bonds. The molecule has 0 radical (unpaired) electrons. The Hall–Kier alpha value is -2.33. The van der Waals surface area contributed by atoms with Crippen LogP contribution in [0.25, 0.3) is 0 Å². The zero-order valence-electron chi connectivity index (χ0n) is 15.1. The second-order valence-electron chi connectivity index (χ2n) is 6.31. The molecule has 4 nitrogen and oxygen atoms in total. The second kappa shape index (κ2) is 9.23. The first-order valence-corrected chi connectivity index (χ1v) is 8.72. The van der Waals surface area contributed by atoms with E-state index in [1.165, 1.54) is 0 Å². The predicted octanol–water partition coefficient (Wildman–Crippen LogP) is 3.82. The van der Waals surface area contributed by atoms with Crippen molar-refractivity contribution in [3.8, 4) is 5.75 Å². The molecule has 4 heteroatoms. The highest BCUT2D eigenvalue weighted by molar-refractivity contribution is 5.83. The molecule has 0 aliphatic heterocycles. The average Bonchev–Trinajstić information content (AvgIpc) is 2.63. The van der Waals surface area contributed by atoms with Gasteiger partial charge in [-0.3, -0.25) is 4.79 Å². The standard InChI is InChI=1S/C21H27NO3/c1-4-19(16-10-12-18(25-3)13-11-16)21(24)22-15(2)14-20(23)17-8-6-5-7-9-17/h5-13,15,19-20,23H,4,14H2,1-3H3,(H,22,24). The van der Waals surface area contributed by atoms with E-state index < -0.39 is 6.10 Å². The Morgan fingerprint density at radius 1 is 1.08 bits per heavy atom. The van der Waals surface area contributed by atoms with Gasteiger partial charge < -0.3 is 15.2 Å². The Morgan fingerprint density at radius 3 is 2.28 bits per heavy atom. The SMILES string of the molecule is CCC(C(=O)NC(C)CC(O)c1ccccc1)c1ccc(OC)cc1. The highest BCUT2D eigenvalue weighted by Crippen LogP contribution is 2.23. The fourth-order valence-corrected chi connectivity index (χ4v) is 2.96. The number of amides is 1. The maximum atomic E-state index is 12.6. The van der Waals surface area contributed by atoms with E-state index in [0.717, 1.165) is 16.9 Å². The molecule has 3 atom stereocenters.